The topological polar surface area (TPSA) is 32.4 Å². The maximum atomic E-state index is 12.3. The molecule has 0 saturated heterocycles. The molecule has 0 saturated carbocycles. The highest BCUT2D eigenvalue weighted by atomic mass is 35.5. The van der Waals surface area contributed by atoms with Crippen LogP contribution in [-0.2, 0) is 5.21 Å². The number of benzene rings is 1. The zero-order chi connectivity index (χ0) is 15.8. The number of halogens is 1. The molecule has 1 aliphatic heterocycles. The summed E-state index contributed by atoms with van der Waals surface area (Å²) in [6.07, 6.45) is 2.74. The Kier molecular flexibility index (Phi) is 4.45. The Hall–Kier alpha value is -0.940. The van der Waals surface area contributed by atoms with Gasteiger partial charge in [0.05, 0.1) is 5.54 Å². The van der Waals surface area contributed by atoms with Gasteiger partial charge in [-0.2, -0.15) is 0 Å². The van der Waals surface area contributed by atoms with Crippen LogP contribution in [-0.4, -0.2) is 20.7 Å². The first-order chi connectivity index (χ1) is 9.62. The quantitative estimate of drug-likeness (QED) is 0.589. The van der Waals surface area contributed by atoms with Gasteiger partial charge in [-0.15, -0.1) is 10.3 Å². The number of rotatable bonds is 2. The molecule has 21 heavy (non-hydrogen) atoms. The van der Waals surface area contributed by atoms with Crippen LogP contribution >= 0.6 is 23.8 Å². The Labute approximate surface area is 136 Å². The molecule has 0 N–H and O–H groups in total. The fourth-order valence-electron chi connectivity index (χ4n) is 2.87. The van der Waals surface area contributed by atoms with Crippen LogP contribution in [0.25, 0.3) is 5.57 Å². The third kappa shape index (κ3) is 3.64. The molecule has 1 aromatic rings. The van der Waals surface area contributed by atoms with Crippen molar-refractivity contribution in [1.82, 2.24) is 5.06 Å². The average molecular weight is 325 g/mol. The van der Waals surface area contributed by atoms with Crippen molar-refractivity contribution < 1.29 is 9.94 Å². The van der Waals surface area contributed by atoms with E-state index in [0.717, 1.165) is 11.1 Å². The lowest BCUT2D eigenvalue weighted by Crippen LogP contribution is -2.54. The highest BCUT2D eigenvalue weighted by Gasteiger charge is 2.41. The summed E-state index contributed by atoms with van der Waals surface area (Å²) in [4.78, 5) is 0. The Balaban J connectivity index is 2.31. The van der Waals surface area contributed by atoms with E-state index in [1.807, 2.05) is 58.0 Å². The molecule has 113 valence electrons. The van der Waals surface area contributed by atoms with Crippen molar-refractivity contribution >= 4 is 33.9 Å². The Bertz CT molecular complexity index is 578. The summed E-state index contributed by atoms with van der Waals surface area (Å²) < 4.78 is 5.15. The van der Waals surface area contributed by atoms with Crippen LogP contribution < -0.4 is 4.74 Å². The smallest absolute Gasteiger partial charge is 0.260 e. The third-order valence-corrected chi connectivity index (χ3v) is 3.81. The summed E-state index contributed by atoms with van der Waals surface area (Å²) in [5.74, 6) is 0.610. The highest BCUT2D eigenvalue weighted by Crippen LogP contribution is 2.40. The average Bonchev–Trinajstić information content (AvgIpc) is 2.35. The van der Waals surface area contributed by atoms with Crippen LogP contribution in [0, 0.1) is 0 Å². The Morgan fingerprint density at radius 2 is 1.81 bits per heavy atom. The number of hydrogen-bond donors (Lipinski definition) is 0. The standard InChI is InChI=1S/C16H19ClNO2S/c1-15(2)9-12(10-16(3,4)18(15)19)11-5-7-13(8-6-11)20-14(17)21/h5-9H,10H2,1-4H3. The van der Waals surface area contributed by atoms with Crippen LogP contribution in [0.15, 0.2) is 30.3 Å². The van der Waals surface area contributed by atoms with Gasteiger partial charge >= 0.3 is 0 Å². The van der Waals surface area contributed by atoms with E-state index in [1.54, 1.807) is 0 Å². The lowest BCUT2D eigenvalue weighted by atomic mass is 9.80. The van der Waals surface area contributed by atoms with E-state index in [1.165, 1.54) is 5.06 Å². The van der Waals surface area contributed by atoms with Crippen LogP contribution in [0.3, 0.4) is 0 Å². The second kappa shape index (κ2) is 5.69. The molecule has 3 nitrogen and oxygen atoms in total. The summed E-state index contributed by atoms with van der Waals surface area (Å²) in [7, 11) is 0. The molecule has 1 aromatic carbocycles. The van der Waals surface area contributed by atoms with E-state index < -0.39 is 11.1 Å². The summed E-state index contributed by atoms with van der Waals surface area (Å²) in [5.41, 5.74) is 1.29. The minimum atomic E-state index is -0.524. The van der Waals surface area contributed by atoms with Crippen molar-refractivity contribution in [2.24, 2.45) is 0 Å². The molecular weight excluding hydrogens is 306 g/mol. The van der Waals surface area contributed by atoms with Crippen LogP contribution in [0.4, 0.5) is 0 Å². The Morgan fingerprint density at radius 3 is 2.29 bits per heavy atom. The first-order valence-electron chi connectivity index (χ1n) is 6.79. The predicted molar refractivity (Wildman–Crippen MR) is 88.8 cm³/mol. The normalized spacial score (nSPS) is 20.8. The van der Waals surface area contributed by atoms with E-state index in [-0.39, 0.29) is 4.51 Å². The first kappa shape index (κ1) is 16.4. The van der Waals surface area contributed by atoms with Gasteiger partial charge in [-0.3, -0.25) is 0 Å². The zero-order valence-electron chi connectivity index (χ0n) is 12.6. The van der Waals surface area contributed by atoms with Crippen molar-refractivity contribution in [3.63, 3.8) is 0 Å². The minimum absolute atomic E-state index is 0.0242. The largest absolute Gasteiger partial charge is 0.436 e. The summed E-state index contributed by atoms with van der Waals surface area (Å²) in [6.45, 7) is 7.81. The van der Waals surface area contributed by atoms with E-state index in [0.29, 0.717) is 12.2 Å². The summed E-state index contributed by atoms with van der Waals surface area (Å²) in [5, 5.41) is 13.5. The number of thiocarbonyl (C=S) groups is 1. The molecule has 1 radical (unpaired) electrons. The highest BCUT2D eigenvalue weighted by molar-refractivity contribution is 7.82. The van der Waals surface area contributed by atoms with Gasteiger partial charge < -0.3 is 4.74 Å². The second-order valence-corrected chi connectivity index (χ2v) is 7.41. The molecule has 2 rings (SSSR count). The molecule has 0 aromatic heterocycles. The van der Waals surface area contributed by atoms with Crippen molar-refractivity contribution in [3.05, 3.63) is 35.9 Å². The molecule has 0 bridgehead atoms. The molecule has 5 heteroatoms. The molecule has 1 heterocycles. The first-order valence-corrected chi connectivity index (χ1v) is 7.57. The summed E-state index contributed by atoms with van der Waals surface area (Å²) in [6, 6.07) is 7.58. The molecule has 0 unspecified atom stereocenters. The maximum Gasteiger partial charge on any atom is 0.260 e. The van der Waals surface area contributed by atoms with Crippen molar-refractivity contribution in [3.8, 4) is 5.75 Å². The van der Waals surface area contributed by atoms with Gasteiger partial charge in [-0.1, -0.05) is 18.2 Å². The fraction of sp³-hybridized carbons (Fsp3) is 0.438. The van der Waals surface area contributed by atoms with E-state index in [9.17, 15) is 5.21 Å². The number of nitrogens with zero attached hydrogens (tertiary/aromatic N) is 1. The molecule has 0 atom stereocenters. The van der Waals surface area contributed by atoms with E-state index >= 15 is 0 Å². The number of hydrogen-bond acceptors (Lipinski definition) is 3. The second-order valence-electron chi connectivity index (χ2n) is 6.47. The van der Waals surface area contributed by atoms with Crippen LogP contribution in [0.2, 0.25) is 0 Å². The van der Waals surface area contributed by atoms with Gasteiger partial charge in [0, 0.05) is 5.54 Å². The van der Waals surface area contributed by atoms with Crippen molar-refractivity contribution in [1.29, 1.82) is 0 Å². The van der Waals surface area contributed by atoms with E-state index in [2.05, 4.69) is 0 Å². The molecule has 0 spiro atoms. The lowest BCUT2D eigenvalue weighted by Gasteiger charge is -2.45. The number of hydroxylamine groups is 2. The third-order valence-electron chi connectivity index (χ3n) is 3.65. The molecule has 0 aliphatic carbocycles. The SMILES string of the molecule is CC1(C)C=C(c2ccc(OC(=S)Cl)cc2)CC(C)(C)N1[O]. The molecule has 1 aliphatic rings. The van der Waals surface area contributed by atoms with Crippen LogP contribution in [0.1, 0.15) is 39.7 Å². The van der Waals surface area contributed by atoms with Crippen molar-refractivity contribution in [2.75, 3.05) is 0 Å². The van der Waals surface area contributed by atoms with Crippen LogP contribution in [0.5, 0.6) is 5.75 Å². The summed E-state index contributed by atoms with van der Waals surface area (Å²) >= 11 is 10.2. The predicted octanol–water partition coefficient (Wildman–Crippen LogP) is 4.58. The molecule has 0 fully saturated rings. The minimum Gasteiger partial charge on any atom is -0.436 e. The molecular formula is C16H19ClNO2S. The monoisotopic (exact) mass is 324 g/mol. The van der Waals surface area contributed by atoms with E-state index in [4.69, 9.17) is 28.6 Å². The van der Waals surface area contributed by atoms with Gasteiger partial charge in [0.15, 0.2) is 0 Å². The molecule has 0 amide bonds. The van der Waals surface area contributed by atoms with Gasteiger partial charge in [-0.25, -0.2) is 0 Å². The van der Waals surface area contributed by atoms with Gasteiger partial charge in [0.1, 0.15) is 5.75 Å². The Morgan fingerprint density at radius 1 is 1.24 bits per heavy atom. The zero-order valence-corrected chi connectivity index (χ0v) is 14.2. The number of ether oxygens (including phenoxy) is 1. The van der Waals surface area contributed by atoms with Gasteiger partial charge in [-0.05, 0) is 81.2 Å². The van der Waals surface area contributed by atoms with Crippen molar-refractivity contribution in [2.45, 2.75) is 45.2 Å². The maximum absolute atomic E-state index is 12.3. The fourth-order valence-corrected chi connectivity index (χ4v) is 3.05. The van der Waals surface area contributed by atoms with Gasteiger partial charge in [0.2, 0.25) is 0 Å². The van der Waals surface area contributed by atoms with Gasteiger partial charge in [0.25, 0.3) is 4.51 Å². The lowest BCUT2D eigenvalue weighted by molar-refractivity contribution is -0.260.